The van der Waals surface area contributed by atoms with Crippen LogP contribution in [0.4, 0.5) is 0 Å². The van der Waals surface area contributed by atoms with Crippen LogP contribution < -0.4 is 0 Å². The van der Waals surface area contributed by atoms with Gasteiger partial charge in [-0.2, -0.15) is 0 Å². The first-order chi connectivity index (χ1) is 11.3. The molecule has 0 radical (unpaired) electrons. The minimum absolute atomic E-state index is 0.117. The van der Waals surface area contributed by atoms with E-state index in [1.807, 2.05) is 0 Å². The van der Waals surface area contributed by atoms with Crippen molar-refractivity contribution in [2.75, 3.05) is 13.7 Å². The molecule has 136 valence electrons. The molecule has 0 unspecified atom stereocenters. The van der Waals surface area contributed by atoms with Crippen LogP contribution in [0.5, 0.6) is 0 Å². The van der Waals surface area contributed by atoms with Crippen molar-refractivity contribution < 1.29 is 38.1 Å². The van der Waals surface area contributed by atoms with Crippen molar-refractivity contribution >= 4 is 17.9 Å². The highest BCUT2D eigenvalue weighted by atomic mass is 16.7. The maximum Gasteiger partial charge on any atom is 0.303 e. The Kier molecular flexibility index (Phi) is 7.87. The summed E-state index contributed by atoms with van der Waals surface area (Å²) in [6, 6.07) is 0. The van der Waals surface area contributed by atoms with E-state index in [4.69, 9.17) is 23.7 Å². The zero-order valence-electron chi connectivity index (χ0n) is 14.4. The molecule has 1 saturated heterocycles. The largest absolute Gasteiger partial charge is 0.463 e. The van der Waals surface area contributed by atoms with Gasteiger partial charge in [0.05, 0.1) is 0 Å². The maximum absolute atomic E-state index is 11.5. The number of hydrogen-bond acceptors (Lipinski definition) is 8. The number of allylic oxidation sites excluding steroid dienone is 1. The molecular formula is C16H24O8. The molecule has 1 fully saturated rings. The number of hydrogen-bond donors (Lipinski definition) is 0. The van der Waals surface area contributed by atoms with Gasteiger partial charge in [0, 0.05) is 33.8 Å². The molecular weight excluding hydrogens is 320 g/mol. The smallest absolute Gasteiger partial charge is 0.303 e. The number of ether oxygens (including phenoxy) is 5. The van der Waals surface area contributed by atoms with Gasteiger partial charge in [0.1, 0.15) is 18.8 Å². The molecule has 5 atom stereocenters. The lowest BCUT2D eigenvalue weighted by molar-refractivity contribution is -0.289. The highest BCUT2D eigenvalue weighted by Crippen LogP contribution is 2.34. The van der Waals surface area contributed by atoms with E-state index in [2.05, 4.69) is 6.58 Å². The molecule has 0 saturated carbocycles. The summed E-state index contributed by atoms with van der Waals surface area (Å²) in [5, 5.41) is 0. The van der Waals surface area contributed by atoms with Crippen LogP contribution in [0.25, 0.3) is 0 Å². The second-order valence-corrected chi connectivity index (χ2v) is 5.42. The van der Waals surface area contributed by atoms with Gasteiger partial charge in [-0.05, 0) is 6.42 Å². The van der Waals surface area contributed by atoms with Gasteiger partial charge in [-0.25, -0.2) is 0 Å². The Morgan fingerprint density at radius 2 is 1.62 bits per heavy atom. The van der Waals surface area contributed by atoms with Crippen LogP contribution in [0.15, 0.2) is 12.7 Å². The number of esters is 3. The summed E-state index contributed by atoms with van der Waals surface area (Å²) in [6.45, 7) is 7.36. The Hall–Kier alpha value is -1.93. The quantitative estimate of drug-likeness (QED) is 0.383. The topological polar surface area (TPSA) is 97.4 Å². The fourth-order valence-electron chi connectivity index (χ4n) is 2.67. The van der Waals surface area contributed by atoms with E-state index in [1.165, 1.54) is 27.9 Å². The van der Waals surface area contributed by atoms with E-state index in [-0.39, 0.29) is 6.61 Å². The van der Waals surface area contributed by atoms with Crippen LogP contribution >= 0.6 is 0 Å². The van der Waals surface area contributed by atoms with E-state index < -0.39 is 48.4 Å². The minimum Gasteiger partial charge on any atom is -0.463 e. The van der Waals surface area contributed by atoms with Gasteiger partial charge in [0.15, 0.2) is 12.4 Å². The van der Waals surface area contributed by atoms with Crippen molar-refractivity contribution in [3.8, 4) is 0 Å². The van der Waals surface area contributed by atoms with Crippen molar-refractivity contribution in [2.45, 2.75) is 51.8 Å². The first kappa shape index (κ1) is 20.1. The van der Waals surface area contributed by atoms with Crippen LogP contribution in [-0.2, 0) is 38.1 Å². The molecule has 1 rings (SSSR count). The molecule has 24 heavy (non-hydrogen) atoms. The van der Waals surface area contributed by atoms with E-state index >= 15 is 0 Å². The van der Waals surface area contributed by atoms with Gasteiger partial charge in [-0.3, -0.25) is 14.4 Å². The molecule has 8 nitrogen and oxygen atoms in total. The molecule has 1 aliphatic heterocycles. The van der Waals surface area contributed by atoms with Crippen molar-refractivity contribution in [3.05, 3.63) is 12.7 Å². The van der Waals surface area contributed by atoms with Crippen molar-refractivity contribution in [1.82, 2.24) is 0 Å². The van der Waals surface area contributed by atoms with Crippen LogP contribution in [0, 0.1) is 5.92 Å². The van der Waals surface area contributed by atoms with Crippen molar-refractivity contribution in [1.29, 1.82) is 0 Å². The zero-order valence-corrected chi connectivity index (χ0v) is 14.4. The van der Waals surface area contributed by atoms with E-state index in [1.54, 1.807) is 6.08 Å². The number of methoxy groups -OCH3 is 1. The number of rotatable bonds is 7. The van der Waals surface area contributed by atoms with Gasteiger partial charge in [0.2, 0.25) is 0 Å². The number of carbonyl (C=O) groups excluding carboxylic acids is 3. The first-order valence-corrected chi connectivity index (χ1v) is 7.57. The maximum atomic E-state index is 11.5. The summed E-state index contributed by atoms with van der Waals surface area (Å²) in [5.41, 5.74) is 0. The van der Waals surface area contributed by atoms with Gasteiger partial charge < -0.3 is 23.7 Å². The summed E-state index contributed by atoms with van der Waals surface area (Å²) >= 11 is 0. The molecule has 0 amide bonds. The molecule has 0 aromatic rings. The van der Waals surface area contributed by atoms with Gasteiger partial charge in [-0.15, -0.1) is 6.58 Å². The summed E-state index contributed by atoms with van der Waals surface area (Å²) in [6.07, 6.45) is -1.20. The van der Waals surface area contributed by atoms with E-state index in [0.717, 1.165) is 0 Å². The first-order valence-electron chi connectivity index (χ1n) is 7.57. The molecule has 0 aliphatic carbocycles. The van der Waals surface area contributed by atoms with Crippen molar-refractivity contribution in [3.63, 3.8) is 0 Å². The van der Waals surface area contributed by atoms with Gasteiger partial charge in [0.25, 0.3) is 0 Å². The van der Waals surface area contributed by atoms with E-state index in [9.17, 15) is 14.4 Å². The normalized spacial score (nSPS) is 29.4. The predicted molar refractivity (Wildman–Crippen MR) is 81.7 cm³/mol. The Morgan fingerprint density at radius 1 is 1.04 bits per heavy atom. The number of carbonyl (C=O) groups is 3. The lowest BCUT2D eigenvalue weighted by Gasteiger charge is -2.44. The highest BCUT2D eigenvalue weighted by molar-refractivity contribution is 5.67. The molecule has 0 spiro atoms. The molecule has 0 N–H and O–H groups in total. The Balaban J connectivity index is 3.12. The Labute approximate surface area is 141 Å². The molecule has 1 aliphatic rings. The van der Waals surface area contributed by atoms with Gasteiger partial charge in [-0.1, -0.05) is 6.08 Å². The highest BCUT2D eigenvalue weighted by Gasteiger charge is 2.49. The molecule has 8 heteroatoms. The summed E-state index contributed by atoms with van der Waals surface area (Å²) in [7, 11) is 1.40. The predicted octanol–water partition coefficient (Wildman–Crippen LogP) is 0.976. The third kappa shape index (κ3) is 5.61. The monoisotopic (exact) mass is 344 g/mol. The summed E-state index contributed by atoms with van der Waals surface area (Å²) in [5.74, 6) is -1.98. The lowest BCUT2D eigenvalue weighted by Crippen LogP contribution is -2.58. The second-order valence-electron chi connectivity index (χ2n) is 5.42. The third-order valence-electron chi connectivity index (χ3n) is 3.51. The van der Waals surface area contributed by atoms with Gasteiger partial charge >= 0.3 is 17.9 Å². The third-order valence-corrected chi connectivity index (χ3v) is 3.51. The molecule has 1 heterocycles. The van der Waals surface area contributed by atoms with Crippen LogP contribution in [-0.4, -0.2) is 56.2 Å². The summed E-state index contributed by atoms with van der Waals surface area (Å²) in [4.78, 5) is 34.0. The molecule has 0 bridgehead atoms. The standard InChI is InChI=1S/C16H24O8/c1-6-7-12-14(22-10(3)18)13(8-21-9(2)17)24-16(20-5)15(12)23-11(4)19/h6,12-16H,1,7-8H2,2-5H3/t12-,13+,14+,15+,16-/m0/s1. The van der Waals surface area contributed by atoms with Crippen molar-refractivity contribution in [2.24, 2.45) is 5.92 Å². The van der Waals surface area contributed by atoms with Crippen LogP contribution in [0.1, 0.15) is 27.2 Å². The van der Waals surface area contributed by atoms with Crippen LogP contribution in [0.3, 0.4) is 0 Å². The minimum atomic E-state index is -0.883. The fourth-order valence-corrected chi connectivity index (χ4v) is 2.67. The lowest BCUT2D eigenvalue weighted by atomic mass is 9.86. The Morgan fingerprint density at radius 3 is 2.08 bits per heavy atom. The zero-order chi connectivity index (χ0) is 18.3. The Bertz CT molecular complexity index is 475. The fraction of sp³-hybridized carbons (Fsp3) is 0.688. The van der Waals surface area contributed by atoms with E-state index in [0.29, 0.717) is 6.42 Å². The molecule has 0 aromatic carbocycles. The summed E-state index contributed by atoms with van der Waals surface area (Å²) < 4.78 is 26.6. The average molecular weight is 344 g/mol. The van der Waals surface area contributed by atoms with Crippen LogP contribution in [0.2, 0.25) is 0 Å². The SMILES string of the molecule is C=CC[C@H]1[C@@H](OC(C)=O)[C@@H](COC(C)=O)O[C@H](OC)[C@@H]1OC(C)=O. The average Bonchev–Trinajstić information content (AvgIpc) is 2.48. The second kappa shape index (κ2) is 9.39. The molecule has 0 aromatic heterocycles.